The van der Waals surface area contributed by atoms with Gasteiger partial charge in [0, 0.05) is 37.0 Å². The minimum absolute atomic E-state index is 0.0677. The topological polar surface area (TPSA) is 127 Å². The van der Waals surface area contributed by atoms with Crippen LogP contribution in [-0.2, 0) is 9.53 Å². The second kappa shape index (κ2) is 16.4. The van der Waals surface area contributed by atoms with Gasteiger partial charge in [0.05, 0.1) is 17.8 Å². The molecule has 0 unspecified atom stereocenters. The van der Waals surface area contributed by atoms with Crippen LogP contribution in [0, 0.1) is 5.82 Å². The van der Waals surface area contributed by atoms with Crippen LogP contribution in [0.4, 0.5) is 26.4 Å². The Kier molecular flexibility index (Phi) is 12.7. The van der Waals surface area contributed by atoms with Crippen LogP contribution in [0.5, 0.6) is 17.4 Å². The number of hydrogen-bond donors (Lipinski definition) is 3. The largest absolute Gasteiger partial charge is 0.495 e. The number of likely N-dealkylation sites (N-methyl/N-ethyl adjacent to an activating group) is 1. The highest BCUT2D eigenvalue weighted by molar-refractivity contribution is 6.30. The molecule has 1 heterocycles. The molecule has 2 amide bonds. The Hall–Kier alpha value is -4.42. The summed E-state index contributed by atoms with van der Waals surface area (Å²) in [6.45, 7) is 7.41. The van der Waals surface area contributed by atoms with Crippen molar-refractivity contribution in [2.75, 3.05) is 44.4 Å². The Morgan fingerprint density at radius 3 is 2.61 bits per heavy atom. The highest BCUT2D eigenvalue weighted by Gasteiger charge is 2.15. The number of unbranched alkanes of at least 4 members (excludes halogenated alkanes) is 1. The number of methoxy groups -OCH3 is 1. The maximum Gasteiger partial charge on any atom is 0.407 e. The molecule has 3 rings (SSSR count). The number of aromatic nitrogens is 2. The molecule has 3 N–H and O–H groups in total. The van der Waals surface area contributed by atoms with Gasteiger partial charge in [-0.15, -0.1) is 0 Å². The van der Waals surface area contributed by atoms with Crippen LogP contribution in [0.15, 0.2) is 60.9 Å². The summed E-state index contributed by atoms with van der Waals surface area (Å²) >= 11 is 5.83. The number of halogens is 2. The van der Waals surface area contributed by atoms with E-state index in [1.54, 1.807) is 30.3 Å². The summed E-state index contributed by atoms with van der Waals surface area (Å²) in [6.07, 6.45) is 5.86. The van der Waals surface area contributed by atoms with E-state index in [0.29, 0.717) is 41.8 Å². The second-order valence-electron chi connectivity index (χ2n) is 10.7. The number of carbonyl (C=O) groups is 2. The average molecular weight is 629 g/mol. The van der Waals surface area contributed by atoms with Gasteiger partial charge in [-0.05, 0) is 77.5 Å². The van der Waals surface area contributed by atoms with Gasteiger partial charge < -0.3 is 35.1 Å². The monoisotopic (exact) mass is 628 g/mol. The molecule has 44 heavy (non-hydrogen) atoms. The van der Waals surface area contributed by atoms with Crippen LogP contribution in [0.3, 0.4) is 0 Å². The summed E-state index contributed by atoms with van der Waals surface area (Å²) in [4.78, 5) is 34.6. The van der Waals surface area contributed by atoms with Crippen molar-refractivity contribution < 1.29 is 28.2 Å². The number of carbonyl (C=O) groups excluding carboxylic acids is 2. The fourth-order valence-corrected chi connectivity index (χ4v) is 3.94. The molecular formula is C31H38ClFN6O5. The van der Waals surface area contributed by atoms with E-state index in [1.807, 2.05) is 27.8 Å². The Morgan fingerprint density at radius 2 is 1.89 bits per heavy atom. The number of alkyl carbamates (subject to hydrolysis) is 1. The first-order valence-electron chi connectivity index (χ1n) is 13.9. The van der Waals surface area contributed by atoms with Gasteiger partial charge >= 0.3 is 6.09 Å². The maximum absolute atomic E-state index is 13.5. The molecule has 0 aliphatic carbocycles. The molecule has 0 spiro atoms. The van der Waals surface area contributed by atoms with E-state index in [2.05, 4.69) is 30.8 Å². The Morgan fingerprint density at radius 1 is 1.09 bits per heavy atom. The van der Waals surface area contributed by atoms with E-state index in [9.17, 15) is 14.0 Å². The minimum atomic E-state index is -0.552. The van der Waals surface area contributed by atoms with Gasteiger partial charge in [0.15, 0.2) is 0 Å². The molecule has 3 aromatic rings. The van der Waals surface area contributed by atoms with E-state index in [4.69, 9.17) is 25.8 Å². The number of ether oxygens (including phenoxy) is 3. The number of hydrogen-bond acceptors (Lipinski definition) is 9. The van der Waals surface area contributed by atoms with Crippen LogP contribution < -0.4 is 25.4 Å². The standard InChI is InChI=1S/C31H38ClFN6O5/c1-31(2,3)44-30(41)34-14-6-7-15-39(4)16-8-9-28(40)37-21-10-13-26(42-5)25(17-21)38-27-19-29(36-20-35-27)43-22-11-12-24(33)23(32)18-22/h8-13,17-20H,6-7,14-16H2,1-5H3,(H,34,41)(H,37,40)(H,35,36,38)/b9-8+. The highest BCUT2D eigenvalue weighted by atomic mass is 35.5. The van der Waals surface area contributed by atoms with Crippen molar-refractivity contribution >= 4 is 40.8 Å². The molecular weight excluding hydrogens is 591 g/mol. The van der Waals surface area contributed by atoms with Crippen LogP contribution in [0.25, 0.3) is 0 Å². The smallest absolute Gasteiger partial charge is 0.407 e. The molecule has 0 aliphatic rings. The van der Waals surface area contributed by atoms with Crippen LogP contribution in [-0.4, -0.2) is 66.3 Å². The maximum atomic E-state index is 13.5. The van der Waals surface area contributed by atoms with Crippen molar-refractivity contribution in [1.29, 1.82) is 0 Å². The SMILES string of the molecule is COc1ccc(NC(=O)/C=C/CN(C)CCCCNC(=O)OC(C)(C)C)cc1Nc1cc(Oc2ccc(F)c(Cl)c2)ncn1. The van der Waals surface area contributed by atoms with Gasteiger partial charge in [-0.25, -0.2) is 19.2 Å². The Bertz CT molecular complexity index is 1450. The predicted molar refractivity (Wildman–Crippen MR) is 169 cm³/mol. The lowest BCUT2D eigenvalue weighted by molar-refractivity contribution is -0.111. The van der Waals surface area contributed by atoms with E-state index >= 15 is 0 Å². The van der Waals surface area contributed by atoms with Gasteiger partial charge in [0.1, 0.15) is 35.1 Å². The molecule has 2 aromatic carbocycles. The average Bonchev–Trinajstić information content (AvgIpc) is 2.94. The molecule has 0 saturated carbocycles. The van der Waals surface area contributed by atoms with Gasteiger partial charge in [-0.3, -0.25) is 4.79 Å². The lowest BCUT2D eigenvalue weighted by Gasteiger charge is -2.19. The summed E-state index contributed by atoms with van der Waals surface area (Å²) in [5, 5.41) is 8.66. The molecule has 1 aromatic heterocycles. The van der Waals surface area contributed by atoms with E-state index in [-0.39, 0.29) is 16.8 Å². The zero-order valence-corrected chi connectivity index (χ0v) is 26.2. The normalized spacial score (nSPS) is 11.4. The van der Waals surface area contributed by atoms with Gasteiger partial charge in [-0.2, -0.15) is 0 Å². The van der Waals surface area contributed by atoms with Crippen molar-refractivity contribution in [3.63, 3.8) is 0 Å². The fourth-order valence-electron chi connectivity index (χ4n) is 3.77. The van der Waals surface area contributed by atoms with E-state index in [0.717, 1.165) is 19.4 Å². The third-order valence-corrected chi connectivity index (χ3v) is 6.10. The summed E-state index contributed by atoms with van der Waals surface area (Å²) in [5.41, 5.74) is 0.572. The summed E-state index contributed by atoms with van der Waals surface area (Å²) < 4.78 is 29.8. The number of anilines is 3. The van der Waals surface area contributed by atoms with Crippen LogP contribution in [0.2, 0.25) is 5.02 Å². The van der Waals surface area contributed by atoms with Gasteiger partial charge in [-0.1, -0.05) is 17.7 Å². The zero-order valence-electron chi connectivity index (χ0n) is 25.4. The zero-order chi connectivity index (χ0) is 32.1. The van der Waals surface area contributed by atoms with Gasteiger partial charge in [0.25, 0.3) is 0 Å². The first-order valence-corrected chi connectivity index (χ1v) is 14.3. The first kappa shape index (κ1) is 34.1. The Balaban J connectivity index is 1.48. The third kappa shape index (κ3) is 12.1. The van der Waals surface area contributed by atoms with Gasteiger partial charge in [0.2, 0.25) is 11.8 Å². The summed E-state index contributed by atoms with van der Waals surface area (Å²) in [5.74, 6) is 0.605. The van der Waals surface area contributed by atoms with E-state index < -0.39 is 17.5 Å². The lowest BCUT2D eigenvalue weighted by Crippen LogP contribution is -2.33. The lowest BCUT2D eigenvalue weighted by atomic mass is 10.2. The molecule has 0 aliphatic heterocycles. The number of benzene rings is 2. The third-order valence-electron chi connectivity index (χ3n) is 5.81. The molecule has 0 fully saturated rings. The summed E-state index contributed by atoms with van der Waals surface area (Å²) in [7, 11) is 3.49. The Labute approximate surface area is 261 Å². The van der Waals surface area contributed by atoms with Crippen molar-refractivity contribution in [2.24, 2.45) is 0 Å². The number of rotatable bonds is 14. The van der Waals surface area contributed by atoms with Crippen molar-refractivity contribution in [1.82, 2.24) is 20.2 Å². The fraction of sp³-hybridized carbons (Fsp3) is 0.355. The highest BCUT2D eigenvalue weighted by Crippen LogP contribution is 2.31. The van der Waals surface area contributed by atoms with Crippen molar-refractivity contribution in [3.05, 3.63) is 71.8 Å². The number of amides is 2. The minimum Gasteiger partial charge on any atom is -0.495 e. The molecule has 13 heteroatoms. The van der Waals surface area contributed by atoms with Crippen LogP contribution >= 0.6 is 11.6 Å². The molecule has 0 radical (unpaired) electrons. The number of nitrogens with one attached hydrogen (secondary N) is 3. The predicted octanol–water partition coefficient (Wildman–Crippen LogP) is 6.55. The molecule has 0 atom stereocenters. The van der Waals surface area contributed by atoms with Crippen molar-refractivity contribution in [2.45, 2.75) is 39.2 Å². The quantitative estimate of drug-likeness (QED) is 0.135. The molecule has 0 bridgehead atoms. The molecule has 236 valence electrons. The molecule has 0 saturated heterocycles. The van der Waals surface area contributed by atoms with Crippen molar-refractivity contribution in [3.8, 4) is 17.4 Å². The second-order valence-corrected chi connectivity index (χ2v) is 11.2. The van der Waals surface area contributed by atoms with Crippen LogP contribution in [0.1, 0.15) is 33.6 Å². The summed E-state index contributed by atoms with van der Waals surface area (Å²) in [6, 6.07) is 10.7. The van der Waals surface area contributed by atoms with E-state index in [1.165, 1.54) is 37.7 Å². The first-order chi connectivity index (χ1) is 20.9. The molecule has 11 nitrogen and oxygen atoms in total. The number of nitrogens with zero attached hydrogens (tertiary/aromatic N) is 3.